The molecule has 1 saturated carbocycles. The first-order valence-corrected chi connectivity index (χ1v) is 10.6. The van der Waals surface area contributed by atoms with Crippen LogP contribution in [-0.2, 0) is 9.53 Å². The van der Waals surface area contributed by atoms with E-state index in [1.807, 2.05) is 30.3 Å². The molecule has 1 heterocycles. The number of para-hydroxylation sites is 1. The molecule has 5 rings (SSSR count). The van der Waals surface area contributed by atoms with Gasteiger partial charge >= 0.3 is 0 Å². The van der Waals surface area contributed by atoms with Gasteiger partial charge in [0.25, 0.3) is 5.91 Å². The molecule has 3 heteroatoms. The van der Waals surface area contributed by atoms with Gasteiger partial charge in [0.1, 0.15) is 5.60 Å². The molecule has 0 aromatic heterocycles. The number of epoxide rings is 1. The molecular formula is C25H29NO2. The van der Waals surface area contributed by atoms with Crippen LogP contribution in [-0.4, -0.2) is 17.6 Å². The van der Waals surface area contributed by atoms with E-state index in [2.05, 4.69) is 38.2 Å². The largest absolute Gasteiger partial charge is 0.361 e. The Labute approximate surface area is 167 Å². The Hall–Kier alpha value is -2.13. The average molecular weight is 376 g/mol. The molecule has 1 amide bonds. The standard InChI is InChI=1S/C25H29NO2/c1-16(2)19-11-12-24(3)13-14-25-20(22(19)24)10-9-17(15-21(25)28-25)23(27)26-18-7-5-4-6-8-18/h4-10,16,21H,11-15H2,1-3H3,(H,26,27)/t21?,24-,25+/m1/s1. The van der Waals surface area contributed by atoms with Crippen LogP contribution in [0.5, 0.6) is 0 Å². The minimum absolute atomic E-state index is 0.0143. The summed E-state index contributed by atoms with van der Waals surface area (Å²) in [6, 6.07) is 9.68. The van der Waals surface area contributed by atoms with Crippen molar-refractivity contribution in [3.05, 3.63) is 64.8 Å². The third-order valence-corrected chi connectivity index (χ3v) is 7.34. The first-order valence-electron chi connectivity index (χ1n) is 10.6. The highest BCUT2D eigenvalue weighted by Gasteiger charge is 2.64. The number of allylic oxidation sites excluding steroid dienone is 3. The van der Waals surface area contributed by atoms with Gasteiger partial charge in [-0.25, -0.2) is 0 Å². The number of carbonyl (C=O) groups is 1. The molecule has 3 atom stereocenters. The number of benzene rings is 1. The highest BCUT2D eigenvalue weighted by Crippen LogP contribution is 2.65. The third-order valence-electron chi connectivity index (χ3n) is 7.34. The predicted octanol–water partition coefficient (Wildman–Crippen LogP) is 5.57. The minimum Gasteiger partial charge on any atom is -0.361 e. The van der Waals surface area contributed by atoms with Gasteiger partial charge in [0.05, 0.1) is 6.10 Å². The van der Waals surface area contributed by atoms with Gasteiger partial charge in [-0.05, 0) is 60.3 Å². The van der Waals surface area contributed by atoms with Crippen molar-refractivity contribution in [2.45, 2.75) is 64.6 Å². The summed E-state index contributed by atoms with van der Waals surface area (Å²) in [4.78, 5) is 12.9. The van der Waals surface area contributed by atoms with E-state index in [4.69, 9.17) is 4.74 Å². The van der Waals surface area contributed by atoms with Crippen LogP contribution >= 0.6 is 0 Å². The van der Waals surface area contributed by atoms with Gasteiger partial charge in [0.2, 0.25) is 0 Å². The first kappa shape index (κ1) is 17.9. The summed E-state index contributed by atoms with van der Waals surface area (Å²) < 4.78 is 6.34. The Morgan fingerprint density at radius 2 is 1.93 bits per heavy atom. The third kappa shape index (κ3) is 2.63. The van der Waals surface area contributed by atoms with Gasteiger partial charge in [-0.15, -0.1) is 0 Å². The second-order valence-corrected chi connectivity index (χ2v) is 9.41. The molecule has 1 aromatic carbocycles. The van der Waals surface area contributed by atoms with Crippen molar-refractivity contribution >= 4 is 11.6 Å². The van der Waals surface area contributed by atoms with Crippen LogP contribution in [0, 0.1) is 11.3 Å². The maximum Gasteiger partial charge on any atom is 0.251 e. The summed E-state index contributed by atoms with van der Waals surface area (Å²) >= 11 is 0. The van der Waals surface area contributed by atoms with Crippen molar-refractivity contribution in [3.8, 4) is 0 Å². The lowest BCUT2D eigenvalue weighted by molar-refractivity contribution is -0.113. The Balaban J connectivity index is 1.50. The van der Waals surface area contributed by atoms with Crippen molar-refractivity contribution in [2.24, 2.45) is 11.3 Å². The molecule has 1 saturated heterocycles. The lowest BCUT2D eigenvalue weighted by Crippen LogP contribution is -2.34. The molecule has 0 bridgehead atoms. The molecule has 3 nitrogen and oxygen atoms in total. The van der Waals surface area contributed by atoms with Gasteiger partial charge in [-0.1, -0.05) is 56.7 Å². The number of nitrogens with one attached hydrogen (secondary N) is 1. The van der Waals surface area contributed by atoms with Gasteiger partial charge in [-0.3, -0.25) is 4.79 Å². The average Bonchev–Trinajstić information content (AvgIpc) is 3.27. The maximum absolute atomic E-state index is 12.9. The Bertz CT molecular complexity index is 923. The first-order chi connectivity index (χ1) is 13.4. The van der Waals surface area contributed by atoms with E-state index in [-0.39, 0.29) is 23.0 Å². The van der Waals surface area contributed by atoms with Crippen molar-refractivity contribution in [1.29, 1.82) is 0 Å². The van der Waals surface area contributed by atoms with Crippen LogP contribution in [0.4, 0.5) is 5.69 Å². The normalized spacial score (nSPS) is 33.4. The fourth-order valence-corrected chi connectivity index (χ4v) is 5.64. The molecule has 1 aliphatic heterocycles. The van der Waals surface area contributed by atoms with Gasteiger partial charge in [0, 0.05) is 17.7 Å². The number of amides is 1. The highest BCUT2D eigenvalue weighted by molar-refractivity contribution is 6.04. The number of hydrogen-bond acceptors (Lipinski definition) is 2. The van der Waals surface area contributed by atoms with E-state index >= 15 is 0 Å². The molecule has 146 valence electrons. The van der Waals surface area contributed by atoms with Crippen LogP contribution in [0.15, 0.2) is 64.8 Å². The van der Waals surface area contributed by atoms with E-state index in [1.165, 1.54) is 24.8 Å². The number of anilines is 1. The number of hydrogen-bond donors (Lipinski definition) is 1. The highest BCUT2D eigenvalue weighted by atomic mass is 16.6. The monoisotopic (exact) mass is 375 g/mol. The minimum atomic E-state index is -0.148. The zero-order valence-electron chi connectivity index (χ0n) is 17.0. The van der Waals surface area contributed by atoms with E-state index in [9.17, 15) is 4.79 Å². The van der Waals surface area contributed by atoms with Crippen molar-refractivity contribution in [2.75, 3.05) is 5.32 Å². The molecule has 1 spiro atoms. The molecular weight excluding hydrogens is 346 g/mol. The van der Waals surface area contributed by atoms with E-state index in [1.54, 1.807) is 11.1 Å². The molecule has 28 heavy (non-hydrogen) atoms. The zero-order valence-corrected chi connectivity index (χ0v) is 17.0. The number of carbonyl (C=O) groups excluding carboxylic acids is 1. The second kappa shape index (κ2) is 6.18. The summed E-state index contributed by atoms with van der Waals surface area (Å²) in [5.74, 6) is 0.553. The summed E-state index contributed by atoms with van der Waals surface area (Å²) in [6.07, 6.45) is 9.83. The molecule has 3 aliphatic carbocycles. The van der Waals surface area contributed by atoms with Crippen LogP contribution in [0.1, 0.15) is 52.9 Å². The van der Waals surface area contributed by atoms with E-state index in [0.29, 0.717) is 12.3 Å². The summed E-state index contributed by atoms with van der Waals surface area (Å²) in [5.41, 5.74) is 6.31. The zero-order chi connectivity index (χ0) is 19.5. The summed E-state index contributed by atoms with van der Waals surface area (Å²) in [5, 5.41) is 3.03. The van der Waals surface area contributed by atoms with Crippen LogP contribution in [0.3, 0.4) is 0 Å². The quantitative estimate of drug-likeness (QED) is 0.702. The van der Waals surface area contributed by atoms with Crippen molar-refractivity contribution in [3.63, 3.8) is 0 Å². The van der Waals surface area contributed by atoms with E-state index in [0.717, 1.165) is 17.7 Å². The number of fused-ring (bicyclic) bond motifs is 2. The SMILES string of the molecule is CC(C)C1=C2C3=CC=C(C(=O)Nc4ccccc4)CC4O[C@@]34CC[C@@]2(C)CC1. The fraction of sp³-hybridized carbons (Fsp3) is 0.480. The lowest BCUT2D eigenvalue weighted by Gasteiger charge is -2.39. The Morgan fingerprint density at radius 3 is 2.68 bits per heavy atom. The Morgan fingerprint density at radius 1 is 1.14 bits per heavy atom. The van der Waals surface area contributed by atoms with Crippen LogP contribution in [0.2, 0.25) is 0 Å². The molecule has 1 aromatic rings. The lowest BCUT2D eigenvalue weighted by atomic mass is 9.64. The molecule has 1 N–H and O–H groups in total. The summed E-state index contributed by atoms with van der Waals surface area (Å²) in [6.45, 7) is 7.05. The van der Waals surface area contributed by atoms with Crippen LogP contribution < -0.4 is 5.32 Å². The number of rotatable bonds is 3. The van der Waals surface area contributed by atoms with Gasteiger partial charge in [0.15, 0.2) is 0 Å². The molecule has 1 unspecified atom stereocenters. The maximum atomic E-state index is 12.9. The van der Waals surface area contributed by atoms with Crippen molar-refractivity contribution < 1.29 is 9.53 Å². The van der Waals surface area contributed by atoms with E-state index < -0.39 is 0 Å². The predicted molar refractivity (Wildman–Crippen MR) is 112 cm³/mol. The van der Waals surface area contributed by atoms with Crippen LogP contribution in [0.25, 0.3) is 0 Å². The van der Waals surface area contributed by atoms with Gasteiger partial charge < -0.3 is 10.1 Å². The van der Waals surface area contributed by atoms with Crippen molar-refractivity contribution in [1.82, 2.24) is 0 Å². The fourth-order valence-electron chi connectivity index (χ4n) is 5.64. The number of ether oxygens (including phenoxy) is 1. The van der Waals surface area contributed by atoms with Gasteiger partial charge in [-0.2, -0.15) is 0 Å². The second-order valence-electron chi connectivity index (χ2n) is 9.41. The summed E-state index contributed by atoms with van der Waals surface area (Å²) in [7, 11) is 0. The Kier molecular flexibility index (Phi) is 3.96. The molecule has 2 fully saturated rings. The molecule has 4 aliphatic rings. The smallest absolute Gasteiger partial charge is 0.251 e. The molecule has 0 radical (unpaired) electrons. The topological polar surface area (TPSA) is 41.6 Å².